The molecule has 0 spiro atoms. The van der Waals surface area contributed by atoms with Gasteiger partial charge in [-0.15, -0.1) is 0 Å². The molecule has 2 atom stereocenters. The average Bonchev–Trinajstić information content (AvgIpc) is 2.68. The Morgan fingerprint density at radius 1 is 1.35 bits per heavy atom. The van der Waals surface area contributed by atoms with Crippen molar-refractivity contribution in [2.75, 3.05) is 5.32 Å². The number of nitriles is 1. The number of aromatic nitrogens is 1. The van der Waals surface area contributed by atoms with Gasteiger partial charge in [0.15, 0.2) is 0 Å². The third-order valence-corrected chi connectivity index (χ3v) is 3.69. The first-order valence-corrected chi connectivity index (χ1v) is 5.62. The highest BCUT2D eigenvalue weighted by atomic mass is 19.3. The molecular weight excluding hydrogens is 224 g/mol. The van der Waals surface area contributed by atoms with Crippen LogP contribution in [0.15, 0.2) is 18.3 Å². The van der Waals surface area contributed by atoms with Gasteiger partial charge in [-0.2, -0.15) is 5.26 Å². The molecule has 17 heavy (non-hydrogen) atoms. The van der Waals surface area contributed by atoms with E-state index in [-0.39, 0.29) is 6.04 Å². The Hall–Kier alpha value is -1.70. The van der Waals surface area contributed by atoms with Gasteiger partial charge in [0.1, 0.15) is 11.9 Å². The molecule has 2 saturated carbocycles. The summed E-state index contributed by atoms with van der Waals surface area (Å²) in [4.78, 5) is 4.07. The Morgan fingerprint density at radius 2 is 2.06 bits per heavy atom. The van der Waals surface area contributed by atoms with Crippen molar-refractivity contribution in [2.45, 2.75) is 24.8 Å². The van der Waals surface area contributed by atoms with E-state index in [1.807, 2.05) is 6.07 Å². The van der Waals surface area contributed by atoms with Crippen molar-refractivity contribution >= 4 is 5.82 Å². The maximum absolute atomic E-state index is 13.0. The van der Waals surface area contributed by atoms with Crippen LogP contribution in [0.4, 0.5) is 14.6 Å². The second-order valence-corrected chi connectivity index (χ2v) is 4.74. The van der Waals surface area contributed by atoms with E-state index in [4.69, 9.17) is 5.26 Å². The molecule has 0 aromatic carbocycles. The van der Waals surface area contributed by atoms with E-state index >= 15 is 0 Å². The highest BCUT2D eigenvalue weighted by Crippen LogP contribution is 2.64. The topological polar surface area (TPSA) is 48.7 Å². The average molecular weight is 235 g/mol. The summed E-state index contributed by atoms with van der Waals surface area (Å²) in [6.07, 6.45) is 2.51. The molecule has 1 N–H and O–H groups in total. The molecule has 1 heterocycles. The van der Waals surface area contributed by atoms with E-state index in [0.29, 0.717) is 24.2 Å². The number of alkyl halides is 2. The minimum absolute atomic E-state index is 0.0880. The summed E-state index contributed by atoms with van der Waals surface area (Å²) < 4.78 is 25.9. The van der Waals surface area contributed by atoms with Crippen LogP contribution in [0.25, 0.3) is 0 Å². The van der Waals surface area contributed by atoms with Crippen LogP contribution in [0.3, 0.4) is 0 Å². The number of pyridine rings is 1. The quantitative estimate of drug-likeness (QED) is 0.856. The van der Waals surface area contributed by atoms with Crippen LogP contribution in [0.2, 0.25) is 0 Å². The lowest BCUT2D eigenvalue weighted by atomic mass is 10.1. The summed E-state index contributed by atoms with van der Waals surface area (Å²) in [5.74, 6) is -2.63. The van der Waals surface area contributed by atoms with Crippen molar-refractivity contribution < 1.29 is 8.78 Å². The van der Waals surface area contributed by atoms with E-state index in [1.54, 1.807) is 12.1 Å². The van der Waals surface area contributed by atoms with Gasteiger partial charge in [0.25, 0.3) is 5.92 Å². The first-order valence-electron chi connectivity index (χ1n) is 5.62. The van der Waals surface area contributed by atoms with Gasteiger partial charge in [-0.3, -0.25) is 0 Å². The Kier molecular flexibility index (Phi) is 2.09. The summed E-state index contributed by atoms with van der Waals surface area (Å²) in [5, 5.41) is 11.8. The Morgan fingerprint density at radius 3 is 2.59 bits per heavy atom. The molecule has 1 aromatic rings. The number of nitrogens with one attached hydrogen (secondary N) is 1. The summed E-state index contributed by atoms with van der Waals surface area (Å²) in [5.41, 5.74) is 0.497. The summed E-state index contributed by atoms with van der Waals surface area (Å²) in [6.45, 7) is 0. The minimum atomic E-state index is -2.42. The van der Waals surface area contributed by atoms with Gasteiger partial charge >= 0.3 is 0 Å². The van der Waals surface area contributed by atoms with Crippen molar-refractivity contribution in [3.8, 4) is 6.07 Å². The fourth-order valence-corrected chi connectivity index (χ4v) is 2.69. The van der Waals surface area contributed by atoms with Gasteiger partial charge in [0, 0.05) is 24.1 Å². The van der Waals surface area contributed by atoms with Crippen molar-refractivity contribution in [3.05, 3.63) is 23.9 Å². The van der Waals surface area contributed by atoms with E-state index in [2.05, 4.69) is 10.3 Å². The lowest BCUT2D eigenvalue weighted by Gasteiger charge is -2.16. The Bertz CT molecular complexity index is 464. The molecule has 2 aliphatic rings. The molecule has 3 rings (SSSR count). The Labute approximate surface area is 97.5 Å². The molecule has 0 bridgehead atoms. The van der Waals surface area contributed by atoms with E-state index in [0.717, 1.165) is 0 Å². The zero-order chi connectivity index (χ0) is 12.0. The highest BCUT2D eigenvalue weighted by Gasteiger charge is 2.71. The van der Waals surface area contributed by atoms with E-state index < -0.39 is 17.8 Å². The summed E-state index contributed by atoms with van der Waals surface area (Å²) in [7, 11) is 0. The van der Waals surface area contributed by atoms with Gasteiger partial charge in [0.05, 0.1) is 5.56 Å². The number of hydrogen-bond donors (Lipinski definition) is 1. The normalized spacial score (nSPS) is 32.6. The molecule has 2 unspecified atom stereocenters. The minimum Gasteiger partial charge on any atom is -0.367 e. The molecule has 3 nitrogen and oxygen atoms in total. The van der Waals surface area contributed by atoms with Crippen LogP contribution in [-0.2, 0) is 0 Å². The third-order valence-electron chi connectivity index (χ3n) is 3.69. The second kappa shape index (κ2) is 3.39. The SMILES string of the molecule is N#Cc1ccc(NC2CC3C(C2)C3(F)F)nc1. The van der Waals surface area contributed by atoms with Crippen LogP contribution in [0.1, 0.15) is 18.4 Å². The number of halogens is 2. The standard InChI is InChI=1S/C12H11F2N3/c13-12(14)9-3-8(4-10(9)12)17-11-2-1-7(5-15)6-16-11/h1-2,6,8-10H,3-4H2,(H,16,17). The number of nitrogens with zero attached hydrogens (tertiary/aromatic N) is 2. The monoisotopic (exact) mass is 235 g/mol. The molecular formula is C12H11F2N3. The second-order valence-electron chi connectivity index (χ2n) is 4.74. The molecule has 88 valence electrons. The largest absolute Gasteiger partial charge is 0.367 e. The van der Waals surface area contributed by atoms with Crippen molar-refractivity contribution in [3.63, 3.8) is 0 Å². The van der Waals surface area contributed by atoms with E-state index in [9.17, 15) is 8.78 Å². The number of hydrogen-bond acceptors (Lipinski definition) is 3. The maximum Gasteiger partial charge on any atom is 0.254 e. The third kappa shape index (κ3) is 1.64. The van der Waals surface area contributed by atoms with Gasteiger partial charge in [-0.05, 0) is 25.0 Å². The molecule has 2 fully saturated rings. The first kappa shape index (κ1) is 10.5. The smallest absolute Gasteiger partial charge is 0.254 e. The van der Waals surface area contributed by atoms with Crippen molar-refractivity contribution in [1.29, 1.82) is 5.26 Å². The van der Waals surface area contributed by atoms with Crippen molar-refractivity contribution in [2.24, 2.45) is 11.8 Å². The molecule has 2 aliphatic carbocycles. The van der Waals surface area contributed by atoms with E-state index in [1.165, 1.54) is 6.20 Å². The lowest BCUT2D eigenvalue weighted by molar-refractivity contribution is 0.0710. The van der Waals surface area contributed by atoms with Gasteiger partial charge in [0.2, 0.25) is 0 Å². The molecule has 1 aromatic heterocycles. The number of fused-ring (bicyclic) bond motifs is 1. The molecule has 0 radical (unpaired) electrons. The van der Waals surface area contributed by atoms with Crippen LogP contribution in [0, 0.1) is 23.2 Å². The zero-order valence-electron chi connectivity index (χ0n) is 9.03. The highest BCUT2D eigenvalue weighted by molar-refractivity contribution is 5.40. The summed E-state index contributed by atoms with van der Waals surface area (Å²) in [6, 6.07) is 5.45. The predicted molar refractivity (Wildman–Crippen MR) is 57.5 cm³/mol. The molecule has 0 saturated heterocycles. The maximum atomic E-state index is 13.0. The van der Waals surface area contributed by atoms with Crippen LogP contribution >= 0.6 is 0 Å². The van der Waals surface area contributed by atoms with Crippen LogP contribution < -0.4 is 5.32 Å². The Balaban J connectivity index is 1.60. The van der Waals surface area contributed by atoms with Gasteiger partial charge < -0.3 is 5.32 Å². The van der Waals surface area contributed by atoms with Crippen molar-refractivity contribution in [1.82, 2.24) is 4.98 Å². The van der Waals surface area contributed by atoms with Gasteiger partial charge in [-0.1, -0.05) is 0 Å². The zero-order valence-corrected chi connectivity index (χ0v) is 9.03. The van der Waals surface area contributed by atoms with Gasteiger partial charge in [-0.25, -0.2) is 13.8 Å². The fraction of sp³-hybridized carbons (Fsp3) is 0.500. The number of anilines is 1. The lowest BCUT2D eigenvalue weighted by Crippen LogP contribution is -2.21. The first-order chi connectivity index (χ1) is 8.11. The molecule has 0 amide bonds. The molecule has 0 aliphatic heterocycles. The predicted octanol–water partition coefficient (Wildman–Crippen LogP) is 2.41. The molecule has 5 heteroatoms. The summed E-state index contributed by atoms with van der Waals surface area (Å²) >= 11 is 0. The van der Waals surface area contributed by atoms with Crippen LogP contribution in [-0.4, -0.2) is 16.9 Å². The fourth-order valence-electron chi connectivity index (χ4n) is 2.69. The number of rotatable bonds is 2. The van der Waals surface area contributed by atoms with Crippen LogP contribution in [0.5, 0.6) is 0 Å².